The van der Waals surface area contributed by atoms with Crippen molar-refractivity contribution in [1.29, 1.82) is 0 Å². The predicted octanol–water partition coefficient (Wildman–Crippen LogP) is 2.25. The van der Waals surface area contributed by atoms with Gasteiger partial charge in [-0.25, -0.2) is 0 Å². The standard InChI is InChI=1S/C9H14ClFN2/c1-9(10)4-3-8(7-13-9)12-6-2-5-11/h3,7,12H,2,4-6H2,1H3. The molecule has 0 saturated heterocycles. The third-order valence-electron chi connectivity index (χ3n) is 1.81. The summed E-state index contributed by atoms with van der Waals surface area (Å²) in [6.07, 6.45) is 4.93. The van der Waals surface area contributed by atoms with Crippen molar-refractivity contribution in [3.05, 3.63) is 11.8 Å². The summed E-state index contributed by atoms with van der Waals surface area (Å²) in [6, 6.07) is 0. The van der Waals surface area contributed by atoms with Crippen LogP contribution in [0.3, 0.4) is 0 Å². The van der Waals surface area contributed by atoms with Gasteiger partial charge in [0, 0.05) is 24.9 Å². The van der Waals surface area contributed by atoms with Crippen LogP contribution in [0.4, 0.5) is 4.39 Å². The van der Waals surface area contributed by atoms with Gasteiger partial charge in [0.15, 0.2) is 0 Å². The first kappa shape index (κ1) is 10.5. The lowest BCUT2D eigenvalue weighted by atomic mass is 10.1. The number of hydrogen-bond acceptors (Lipinski definition) is 2. The van der Waals surface area contributed by atoms with Gasteiger partial charge in [-0.1, -0.05) is 17.7 Å². The fourth-order valence-electron chi connectivity index (χ4n) is 1.02. The van der Waals surface area contributed by atoms with Crippen molar-refractivity contribution >= 4 is 17.8 Å². The van der Waals surface area contributed by atoms with Gasteiger partial charge < -0.3 is 5.32 Å². The van der Waals surface area contributed by atoms with Crippen molar-refractivity contribution in [2.24, 2.45) is 4.99 Å². The smallest absolute Gasteiger partial charge is 0.134 e. The van der Waals surface area contributed by atoms with Gasteiger partial charge in [-0.05, 0) is 13.3 Å². The third kappa shape index (κ3) is 3.77. The molecule has 0 aromatic carbocycles. The first-order valence-corrected chi connectivity index (χ1v) is 4.76. The number of allylic oxidation sites excluding steroid dienone is 1. The summed E-state index contributed by atoms with van der Waals surface area (Å²) in [5.74, 6) is 0. The van der Waals surface area contributed by atoms with Crippen molar-refractivity contribution in [2.45, 2.75) is 24.8 Å². The molecule has 0 amide bonds. The Morgan fingerprint density at radius 1 is 1.77 bits per heavy atom. The number of halogens is 2. The molecule has 1 N–H and O–H groups in total. The summed E-state index contributed by atoms with van der Waals surface area (Å²) < 4.78 is 11.8. The van der Waals surface area contributed by atoms with Gasteiger partial charge in [-0.15, -0.1) is 0 Å². The number of rotatable bonds is 4. The SMILES string of the molecule is CC1(Cl)CC=C(NCCCF)C=N1. The van der Waals surface area contributed by atoms with Crippen LogP contribution in [0.1, 0.15) is 19.8 Å². The van der Waals surface area contributed by atoms with Gasteiger partial charge in [-0.3, -0.25) is 9.38 Å². The first-order chi connectivity index (χ1) is 6.14. The topological polar surface area (TPSA) is 24.4 Å². The lowest BCUT2D eigenvalue weighted by Crippen LogP contribution is -2.23. The maximum atomic E-state index is 11.8. The normalized spacial score (nSPS) is 27.2. The second-order valence-corrected chi connectivity index (χ2v) is 4.05. The van der Waals surface area contributed by atoms with E-state index in [0.29, 0.717) is 19.4 Å². The van der Waals surface area contributed by atoms with Crippen molar-refractivity contribution in [3.63, 3.8) is 0 Å². The van der Waals surface area contributed by atoms with Crippen molar-refractivity contribution < 1.29 is 4.39 Å². The summed E-state index contributed by atoms with van der Waals surface area (Å²) in [5, 5.41) is 3.07. The molecule has 1 aliphatic rings. The van der Waals surface area contributed by atoms with Crippen LogP contribution in [0.25, 0.3) is 0 Å². The molecule has 1 unspecified atom stereocenters. The highest BCUT2D eigenvalue weighted by Gasteiger charge is 2.19. The van der Waals surface area contributed by atoms with Crippen LogP contribution in [0.5, 0.6) is 0 Å². The molecule has 0 saturated carbocycles. The molecule has 74 valence electrons. The van der Waals surface area contributed by atoms with Gasteiger partial charge in [0.05, 0.1) is 6.67 Å². The average Bonchev–Trinajstić information content (AvgIpc) is 2.08. The van der Waals surface area contributed by atoms with Gasteiger partial charge in [0.25, 0.3) is 0 Å². The summed E-state index contributed by atoms with van der Waals surface area (Å²) in [5.41, 5.74) is 0.937. The Bertz CT molecular complexity index is 224. The number of alkyl halides is 2. The lowest BCUT2D eigenvalue weighted by Gasteiger charge is -2.20. The Morgan fingerprint density at radius 2 is 2.54 bits per heavy atom. The minimum atomic E-state index is -0.495. The van der Waals surface area contributed by atoms with Crippen LogP contribution in [0.15, 0.2) is 16.8 Å². The van der Waals surface area contributed by atoms with Crippen LogP contribution < -0.4 is 5.32 Å². The molecule has 1 atom stereocenters. The van der Waals surface area contributed by atoms with Gasteiger partial charge >= 0.3 is 0 Å². The molecule has 0 aromatic heterocycles. The zero-order valence-corrected chi connectivity index (χ0v) is 8.44. The maximum Gasteiger partial charge on any atom is 0.134 e. The largest absolute Gasteiger partial charge is 0.384 e. The van der Waals surface area contributed by atoms with Gasteiger partial charge in [0.1, 0.15) is 5.00 Å². The van der Waals surface area contributed by atoms with E-state index in [2.05, 4.69) is 10.3 Å². The Hall–Kier alpha value is -0.570. The van der Waals surface area contributed by atoms with Crippen LogP contribution in [0, 0.1) is 0 Å². The highest BCUT2D eigenvalue weighted by atomic mass is 35.5. The van der Waals surface area contributed by atoms with E-state index in [-0.39, 0.29) is 6.67 Å². The molecule has 0 spiro atoms. The molecule has 1 aliphatic heterocycles. The highest BCUT2D eigenvalue weighted by Crippen LogP contribution is 2.24. The number of hydrogen-bond donors (Lipinski definition) is 1. The Morgan fingerprint density at radius 3 is 3.08 bits per heavy atom. The summed E-state index contributed by atoms with van der Waals surface area (Å²) in [4.78, 5) is 3.64. The maximum absolute atomic E-state index is 11.8. The fourth-order valence-corrected chi connectivity index (χ4v) is 1.15. The average molecular weight is 205 g/mol. The quantitative estimate of drug-likeness (QED) is 0.424. The van der Waals surface area contributed by atoms with Gasteiger partial charge in [0.2, 0.25) is 0 Å². The van der Waals surface area contributed by atoms with Crippen molar-refractivity contribution in [3.8, 4) is 0 Å². The lowest BCUT2D eigenvalue weighted by molar-refractivity contribution is 0.468. The van der Waals surface area contributed by atoms with E-state index in [9.17, 15) is 4.39 Å². The van der Waals surface area contributed by atoms with E-state index in [0.717, 1.165) is 5.70 Å². The van der Waals surface area contributed by atoms with Gasteiger partial charge in [-0.2, -0.15) is 0 Å². The van der Waals surface area contributed by atoms with Crippen LogP contribution in [-0.4, -0.2) is 24.4 Å². The number of nitrogens with one attached hydrogen (secondary N) is 1. The highest BCUT2D eigenvalue weighted by molar-refractivity contribution is 6.24. The molecule has 0 fully saturated rings. The Labute approximate surface area is 82.9 Å². The van der Waals surface area contributed by atoms with E-state index >= 15 is 0 Å². The summed E-state index contributed by atoms with van der Waals surface area (Å²) >= 11 is 5.97. The molecule has 1 heterocycles. The van der Waals surface area contributed by atoms with Crippen molar-refractivity contribution in [2.75, 3.05) is 13.2 Å². The zero-order valence-electron chi connectivity index (χ0n) is 7.69. The van der Waals surface area contributed by atoms with Crippen LogP contribution in [-0.2, 0) is 0 Å². The second-order valence-electron chi connectivity index (χ2n) is 3.23. The van der Waals surface area contributed by atoms with E-state index < -0.39 is 5.00 Å². The van der Waals surface area contributed by atoms with Crippen LogP contribution >= 0.6 is 11.6 Å². The van der Waals surface area contributed by atoms with E-state index in [1.54, 1.807) is 6.21 Å². The summed E-state index contributed by atoms with van der Waals surface area (Å²) in [7, 11) is 0. The Kier molecular flexibility index (Phi) is 3.72. The molecule has 0 radical (unpaired) electrons. The molecule has 1 rings (SSSR count). The van der Waals surface area contributed by atoms with Crippen LogP contribution in [0.2, 0.25) is 0 Å². The van der Waals surface area contributed by atoms with Crippen molar-refractivity contribution in [1.82, 2.24) is 5.32 Å². The van der Waals surface area contributed by atoms with E-state index in [1.807, 2.05) is 13.0 Å². The van der Waals surface area contributed by atoms with E-state index in [1.165, 1.54) is 0 Å². The predicted molar refractivity (Wildman–Crippen MR) is 54.0 cm³/mol. The molecular formula is C9H14ClFN2. The zero-order chi connectivity index (χ0) is 9.73. The second kappa shape index (κ2) is 4.61. The molecule has 13 heavy (non-hydrogen) atoms. The third-order valence-corrected chi connectivity index (χ3v) is 2.06. The molecule has 0 bridgehead atoms. The number of nitrogens with zero attached hydrogens (tertiary/aromatic N) is 1. The molecular weight excluding hydrogens is 191 g/mol. The minimum absolute atomic E-state index is 0.287. The molecule has 2 nitrogen and oxygen atoms in total. The Balaban J connectivity index is 2.31. The molecule has 0 aliphatic carbocycles. The minimum Gasteiger partial charge on any atom is -0.384 e. The first-order valence-electron chi connectivity index (χ1n) is 4.38. The summed E-state index contributed by atoms with van der Waals surface area (Å²) in [6.45, 7) is 2.22. The fraction of sp³-hybridized carbons (Fsp3) is 0.667. The molecule has 4 heteroatoms. The number of aliphatic imine (C=N–C) groups is 1. The van der Waals surface area contributed by atoms with E-state index in [4.69, 9.17) is 11.6 Å². The molecule has 0 aromatic rings. The number of dihydropyridines is 1. The monoisotopic (exact) mass is 204 g/mol.